The Morgan fingerprint density at radius 1 is 1.06 bits per heavy atom. The van der Waals surface area contributed by atoms with E-state index in [4.69, 9.17) is 0 Å². The molecule has 0 radical (unpaired) electrons. The fraction of sp³-hybridized carbons (Fsp3) is 0.0769. The van der Waals surface area contributed by atoms with Gasteiger partial charge in [-0.05, 0) is 36.8 Å². The van der Waals surface area contributed by atoms with Crippen LogP contribution in [0.3, 0.4) is 0 Å². The second kappa shape index (κ2) is 4.70. The molecule has 0 heterocycles. The van der Waals surface area contributed by atoms with E-state index in [1.807, 2.05) is 13.0 Å². The third-order valence-electron chi connectivity index (χ3n) is 2.40. The molecule has 2 rings (SSSR count). The van der Waals surface area contributed by atoms with E-state index >= 15 is 0 Å². The summed E-state index contributed by atoms with van der Waals surface area (Å²) in [4.78, 5) is 0.200. The fourth-order valence-corrected chi connectivity index (χ4v) is 2.72. The Kier molecular flexibility index (Phi) is 3.25. The predicted molar refractivity (Wildman–Crippen MR) is 70.1 cm³/mol. The van der Waals surface area contributed by atoms with Crippen molar-refractivity contribution in [2.24, 2.45) is 0 Å². The molecule has 94 valence electrons. The van der Waals surface area contributed by atoms with Gasteiger partial charge in [0, 0.05) is 6.07 Å². The molecule has 2 aromatic carbocycles. The molecule has 0 saturated carbocycles. The summed E-state index contributed by atoms with van der Waals surface area (Å²) in [7, 11) is -3.61. The first-order chi connectivity index (χ1) is 8.47. The van der Waals surface area contributed by atoms with Crippen LogP contribution in [0, 0.1) is 6.92 Å². The summed E-state index contributed by atoms with van der Waals surface area (Å²) in [5.74, 6) is 0.0134. The van der Waals surface area contributed by atoms with Gasteiger partial charge >= 0.3 is 0 Å². The van der Waals surface area contributed by atoms with Crippen molar-refractivity contribution >= 4 is 15.7 Å². The summed E-state index contributed by atoms with van der Waals surface area (Å²) in [6.45, 7) is 1.83. The second-order valence-electron chi connectivity index (χ2n) is 3.97. The molecule has 5 heteroatoms. The summed E-state index contributed by atoms with van der Waals surface area (Å²) >= 11 is 0. The Balaban J connectivity index is 2.33. The number of phenols is 1. The molecule has 0 aliphatic carbocycles. The van der Waals surface area contributed by atoms with Crippen molar-refractivity contribution in [2.45, 2.75) is 11.8 Å². The van der Waals surface area contributed by atoms with E-state index in [1.165, 1.54) is 18.2 Å². The highest BCUT2D eigenvalue weighted by Crippen LogP contribution is 2.20. The highest BCUT2D eigenvalue weighted by molar-refractivity contribution is 7.92. The van der Waals surface area contributed by atoms with Gasteiger partial charge in [0.05, 0.1) is 10.6 Å². The number of hydrogen-bond acceptors (Lipinski definition) is 3. The van der Waals surface area contributed by atoms with Gasteiger partial charge in [-0.1, -0.05) is 18.2 Å². The average Bonchev–Trinajstić information content (AvgIpc) is 2.28. The Morgan fingerprint density at radius 3 is 2.44 bits per heavy atom. The van der Waals surface area contributed by atoms with Crippen LogP contribution in [-0.2, 0) is 10.0 Å². The van der Waals surface area contributed by atoms with E-state index in [2.05, 4.69) is 4.72 Å². The van der Waals surface area contributed by atoms with Gasteiger partial charge in [0.25, 0.3) is 10.0 Å². The van der Waals surface area contributed by atoms with Crippen molar-refractivity contribution in [3.63, 3.8) is 0 Å². The molecule has 2 aromatic rings. The lowest BCUT2D eigenvalue weighted by Crippen LogP contribution is -2.12. The van der Waals surface area contributed by atoms with Gasteiger partial charge in [-0.15, -0.1) is 0 Å². The molecule has 0 aliphatic heterocycles. The zero-order valence-electron chi connectivity index (χ0n) is 9.79. The maximum atomic E-state index is 12.1. The molecule has 0 spiro atoms. The van der Waals surface area contributed by atoms with E-state index in [0.717, 1.165) is 5.56 Å². The molecule has 18 heavy (non-hydrogen) atoms. The standard InChI is InChI=1S/C13H13NO3S/c1-10-4-2-7-13(8-10)18(16,17)14-11-5-3-6-12(15)9-11/h2-9,14-15H,1H3. The Labute approximate surface area is 106 Å². The summed E-state index contributed by atoms with van der Waals surface area (Å²) in [6.07, 6.45) is 0. The van der Waals surface area contributed by atoms with E-state index in [0.29, 0.717) is 5.69 Å². The third kappa shape index (κ3) is 2.81. The number of anilines is 1. The first-order valence-corrected chi connectivity index (χ1v) is 6.84. The van der Waals surface area contributed by atoms with Crippen LogP contribution < -0.4 is 4.72 Å². The minimum absolute atomic E-state index is 0.0134. The number of aromatic hydroxyl groups is 1. The minimum Gasteiger partial charge on any atom is -0.508 e. The number of rotatable bonds is 3. The highest BCUT2D eigenvalue weighted by atomic mass is 32.2. The Hall–Kier alpha value is -2.01. The second-order valence-corrected chi connectivity index (χ2v) is 5.65. The first-order valence-electron chi connectivity index (χ1n) is 5.36. The van der Waals surface area contributed by atoms with E-state index in [-0.39, 0.29) is 10.6 Å². The molecule has 0 bridgehead atoms. The summed E-state index contributed by atoms with van der Waals surface area (Å²) in [5.41, 5.74) is 1.20. The summed E-state index contributed by atoms with van der Waals surface area (Å²) in [6, 6.07) is 12.6. The molecule has 0 aromatic heterocycles. The van der Waals surface area contributed by atoms with Crippen LogP contribution in [0.4, 0.5) is 5.69 Å². The van der Waals surface area contributed by atoms with Crippen molar-refractivity contribution in [3.8, 4) is 5.75 Å². The van der Waals surface area contributed by atoms with Gasteiger partial charge in [0.2, 0.25) is 0 Å². The van der Waals surface area contributed by atoms with Crippen molar-refractivity contribution in [1.82, 2.24) is 0 Å². The zero-order chi connectivity index (χ0) is 13.2. The lowest BCUT2D eigenvalue weighted by molar-refractivity contribution is 0.475. The van der Waals surface area contributed by atoms with Crippen LogP contribution >= 0.6 is 0 Å². The normalized spacial score (nSPS) is 11.2. The molecular weight excluding hydrogens is 250 g/mol. The highest BCUT2D eigenvalue weighted by Gasteiger charge is 2.14. The molecule has 0 saturated heterocycles. The number of phenolic OH excluding ortho intramolecular Hbond substituents is 1. The molecule has 4 nitrogen and oxygen atoms in total. The number of sulfonamides is 1. The van der Waals surface area contributed by atoms with E-state index in [9.17, 15) is 13.5 Å². The van der Waals surface area contributed by atoms with Gasteiger partial charge in [0.1, 0.15) is 5.75 Å². The lowest BCUT2D eigenvalue weighted by atomic mass is 10.2. The first kappa shape index (κ1) is 12.4. The number of benzene rings is 2. The van der Waals surface area contributed by atoms with Gasteiger partial charge in [-0.2, -0.15) is 0 Å². The Morgan fingerprint density at radius 2 is 1.78 bits per heavy atom. The van der Waals surface area contributed by atoms with E-state index in [1.54, 1.807) is 24.3 Å². The summed E-state index contributed by atoms with van der Waals surface area (Å²) in [5, 5.41) is 9.29. The molecule has 2 N–H and O–H groups in total. The van der Waals surface area contributed by atoms with E-state index < -0.39 is 10.0 Å². The Bertz CT molecular complexity index is 665. The topological polar surface area (TPSA) is 66.4 Å². The maximum absolute atomic E-state index is 12.1. The predicted octanol–water partition coefficient (Wildman–Crippen LogP) is 2.50. The molecule has 0 atom stereocenters. The van der Waals surface area contributed by atoms with Gasteiger partial charge in [0.15, 0.2) is 0 Å². The lowest BCUT2D eigenvalue weighted by Gasteiger charge is -2.08. The SMILES string of the molecule is Cc1cccc(S(=O)(=O)Nc2cccc(O)c2)c1. The van der Waals surface area contributed by atoms with Gasteiger partial charge < -0.3 is 5.11 Å². The van der Waals surface area contributed by atoms with Crippen LogP contribution in [0.15, 0.2) is 53.4 Å². The number of nitrogens with one attached hydrogen (secondary N) is 1. The van der Waals surface area contributed by atoms with Crippen LogP contribution in [0.5, 0.6) is 5.75 Å². The minimum atomic E-state index is -3.61. The quantitative estimate of drug-likeness (QED) is 0.894. The van der Waals surface area contributed by atoms with Crippen LogP contribution in [0.25, 0.3) is 0 Å². The maximum Gasteiger partial charge on any atom is 0.261 e. The molecular formula is C13H13NO3S. The van der Waals surface area contributed by atoms with Crippen LogP contribution in [0.1, 0.15) is 5.56 Å². The summed E-state index contributed by atoms with van der Waals surface area (Å²) < 4.78 is 26.6. The zero-order valence-corrected chi connectivity index (χ0v) is 10.6. The monoisotopic (exact) mass is 263 g/mol. The number of hydrogen-bond donors (Lipinski definition) is 2. The third-order valence-corrected chi connectivity index (χ3v) is 3.78. The number of aryl methyl sites for hydroxylation is 1. The van der Waals surface area contributed by atoms with Gasteiger partial charge in [-0.3, -0.25) is 4.72 Å². The molecule has 0 fully saturated rings. The molecule has 0 amide bonds. The fourth-order valence-electron chi connectivity index (χ4n) is 1.57. The van der Waals surface area contributed by atoms with Crippen molar-refractivity contribution in [2.75, 3.05) is 4.72 Å². The average molecular weight is 263 g/mol. The smallest absolute Gasteiger partial charge is 0.261 e. The van der Waals surface area contributed by atoms with Crippen molar-refractivity contribution in [3.05, 3.63) is 54.1 Å². The largest absolute Gasteiger partial charge is 0.508 e. The van der Waals surface area contributed by atoms with Crippen LogP contribution in [-0.4, -0.2) is 13.5 Å². The van der Waals surface area contributed by atoms with Crippen LogP contribution in [0.2, 0.25) is 0 Å². The van der Waals surface area contributed by atoms with Crippen molar-refractivity contribution in [1.29, 1.82) is 0 Å². The molecule has 0 aliphatic rings. The van der Waals surface area contributed by atoms with Crippen molar-refractivity contribution < 1.29 is 13.5 Å². The molecule has 0 unspecified atom stereocenters. The van der Waals surface area contributed by atoms with Gasteiger partial charge in [-0.25, -0.2) is 8.42 Å².